The molecule has 8 nitrogen and oxygen atoms in total. The number of aliphatic imine (C=N–C) groups is 1. The molecule has 2 aromatic rings. The summed E-state index contributed by atoms with van der Waals surface area (Å²) in [5, 5.41) is 12.1. The van der Waals surface area contributed by atoms with Crippen molar-refractivity contribution in [2.45, 2.75) is 33.2 Å². The third kappa shape index (κ3) is 5.95. The minimum atomic E-state index is 0.138. The van der Waals surface area contributed by atoms with Crippen molar-refractivity contribution in [3.05, 3.63) is 47.0 Å². The quantitative estimate of drug-likeness (QED) is 0.534. The number of nitrogens with one attached hydrogen (secondary N) is 1. The van der Waals surface area contributed by atoms with E-state index in [1.165, 1.54) is 0 Å². The Morgan fingerprint density at radius 1 is 1.20 bits per heavy atom. The summed E-state index contributed by atoms with van der Waals surface area (Å²) in [6, 6.07) is 7.49. The lowest BCUT2D eigenvalue weighted by Gasteiger charge is -2.36. The summed E-state index contributed by atoms with van der Waals surface area (Å²) < 4.78 is 2.04. The minimum absolute atomic E-state index is 0.138. The zero-order valence-corrected chi connectivity index (χ0v) is 18.5. The van der Waals surface area contributed by atoms with E-state index < -0.39 is 0 Å². The summed E-state index contributed by atoms with van der Waals surface area (Å²) in [5.74, 6) is 2.01. The van der Waals surface area contributed by atoms with Crippen molar-refractivity contribution in [1.29, 1.82) is 0 Å². The molecule has 0 radical (unpaired) electrons. The normalized spacial score (nSPS) is 14.8. The van der Waals surface area contributed by atoms with Crippen molar-refractivity contribution in [3.8, 4) is 0 Å². The Bertz CT molecular complexity index is 859. The van der Waals surface area contributed by atoms with E-state index in [-0.39, 0.29) is 5.91 Å². The van der Waals surface area contributed by atoms with Crippen LogP contribution in [0.3, 0.4) is 0 Å². The van der Waals surface area contributed by atoms with Crippen LogP contribution in [0, 0.1) is 0 Å². The van der Waals surface area contributed by atoms with Gasteiger partial charge in [0.25, 0.3) is 0 Å². The number of piperazine rings is 1. The van der Waals surface area contributed by atoms with E-state index >= 15 is 0 Å². The number of benzene rings is 1. The van der Waals surface area contributed by atoms with Crippen LogP contribution in [0.4, 0.5) is 0 Å². The molecule has 30 heavy (non-hydrogen) atoms. The number of guanidine groups is 1. The van der Waals surface area contributed by atoms with E-state index in [0.717, 1.165) is 49.9 Å². The van der Waals surface area contributed by atoms with Gasteiger partial charge >= 0.3 is 0 Å². The highest BCUT2D eigenvalue weighted by Gasteiger charge is 2.23. The maximum absolute atomic E-state index is 12.6. The molecule has 1 amide bonds. The molecule has 2 heterocycles. The first-order valence-electron chi connectivity index (χ1n) is 10.5. The molecule has 9 heteroatoms. The first kappa shape index (κ1) is 22.1. The van der Waals surface area contributed by atoms with Crippen LogP contribution in [0.5, 0.6) is 0 Å². The average molecular weight is 432 g/mol. The molecule has 0 unspecified atom stereocenters. The number of carbonyl (C=O) groups excluding carboxylic acids is 1. The lowest BCUT2D eigenvalue weighted by Crippen LogP contribution is -2.54. The van der Waals surface area contributed by atoms with Gasteiger partial charge in [-0.1, -0.05) is 30.7 Å². The number of aromatic nitrogens is 3. The topological polar surface area (TPSA) is 78.7 Å². The molecule has 1 aromatic heterocycles. The fraction of sp³-hybridized carbons (Fsp3) is 0.524. The van der Waals surface area contributed by atoms with Crippen molar-refractivity contribution >= 4 is 23.5 Å². The molecule has 0 aliphatic carbocycles. The van der Waals surface area contributed by atoms with Crippen molar-refractivity contribution in [2.75, 3.05) is 39.3 Å². The van der Waals surface area contributed by atoms with Crippen LogP contribution < -0.4 is 5.32 Å². The third-order valence-electron chi connectivity index (χ3n) is 5.13. The average Bonchev–Trinajstić information content (AvgIpc) is 3.21. The van der Waals surface area contributed by atoms with Gasteiger partial charge in [0.05, 0.1) is 13.0 Å². The van der Waals surface area contributed by atoms with Crippen LogP contribution in [0.15, 0.2) is 35.6 Å². The lowest BCUT2D eigenvalue weighted by molar-refractivity contribution is -0.131. The van der Waals surface area contributed by atoms with Gasteiger partial charge < -0.3 is 19.7 Å². The second-order valence-corrected chi connectivity index (χ2v) is 7.64. The lowest BCUT2D eigenvalue weighted by atomic mass is 10.1. The Hall–Kier alpha value is -2.61. The van der Waals surface area contributed by atoms with Gasteiger partial charge in [-0.25, -0.2) is 0 Å². The molecule has 1 aliphatic heterocycles. The smallest absolute Gasteiger partial charge is 0.227 e. The largest absolute Gasteiger partial charge is 0.357 e. The highest BCUT2D eigenvalue weighted by atomic mass is 35.5. The van der Waals surface area contributed by atoms with Crippen LogP contribution in [0.25, 0.3) is 0 Å². The Morgan fingerprint density at radius 2 is 1.97 bits per heavy atom. The summed E-state index contributed by atoms with van der Waals surface area (Å²) in [6.07, 6.45) is 2.99. The fourth-order valence-electron chi connectivity index (χ4n) is 3.53. The van der Waals surface area contributed by atoms with E-state index in [0.29, 0.717) is 31.1 Å². The highest BCUT2D eigenvalue weighted by Crippen LogP contribution is 2.13. The summed E-state index contributed by atoms with van der Waals surface area (Å²) in [5.41, 5.74) is 0.949. The van der Waals surface area contributed by atoms with Gasteiger partial charge in [0.15, 0.2) is 5.96 Å². The van der Waals surface area contributed by atoms with Gasteiger partial charge in [-0.2, -0.15) is 0 Å². The minimum Gasteiger partial charge on any atom is -0.357 e. The van der Waals surface area contributed by atoms with Crippen LogP contribution in [-0.2, 0) is 24.2 Å². The number of carbonyl (C=O) groups is 1. The predicted octanol–water partition coefficient (Wildman–Crippen LogP) is 1.85. The molecular formula is C21H30ClN7O. The van der Waals surface area contributed by atoms with E-state index in [1.807, 2.05) is 33.7 Å². The van der Waals surface area contributed by atoms with Crippen molar-refractivity contribution in [2.24, 2.45) is 4.99 Å². The Labute approximate surface area is 182 Å². The molecule has 1 aromatic carbocycles. The molecule has 1 N–H and O–H groups in total. The first-order chi connectivity index (χ1) is 14.6. The number of amides is 1. The SMILES string of the molecule is CCNC(=NCCn1cnnc1CC)N1CCN(C(=O)Cc2cccc(Cl)c2)CC1. The zero-order chi connectivity index (χ0) is 21.3. The van der Waals surface area contributed by atoms with Crippen LogP contribution in [-0.4, -0.2) is 75.7 Å². The van der Waals surface area contributed by atoms with Gasteiger partial charge in [-0.3, -0.25) is 9.79 Å². The Morgan fingerprint density at radius 3 is 2.67 bits per heavy atom. The first-order valence-corrected chi connectivity index (χ1v) is 10.9. The monoisotopic (exact) mass is 431 g/mol. The number of hydrogen-bond acceptors (Lipinski definition) is 4. The number of nitrogens with zero attached hydrogens (tertiary/aromatic N) is 6. The van der Waals surface area contributed by atoms with Gasteiger partial charge in [0.2, 0.25) is 5.91 Å². The van der Waals surface area contributed by atoms with Gasteiger partial charge in [-0.15, -0.1) is 10.2 Å². The second kappa shape index (κ2) is 11.0. The highest BCUT2D eigenvalue weighted by molar-refractivity contribution is 6.30. The number of hydrogen-bond donors (Lipinski definition) is 1. The summed E-state index contributed by atoms with van der Waals surface area (Å²) in [6.45, 7) is 9.25. The van der Waals surface area contributed by atoms with E-state index in [4.69, 9.17) is 16.6 Å². The fourth-order valence-corrected chi connectivity index (χ4v) is 3.74. The Balaban J connectivity index is 1.52. The van der Waals surface area contributed by atoms with Crippen molar-refractivity contribution in [1.82, 2.24) is 29.9 Å². The molecule has 3 rings (SSSR count). The number of halogens is 1. The second-order valence-electron chi connectivity index (χ2n) is 7.20. The van der Waals surface area contributed by atoms with Gasteiger partial charge in [0.1, 0.15) is 12.2 Å². The molecule has 0 spiro atoms. The van der Waals surface area contributed by atoms with Gasteiger partial charge in [0, 0.05) is 50.7 Å². The van der Waals surface area contributed by atoms with E-state index in [2.05, 4.69) is 34.3 Å². The van der Waals surface area contributed by atoms with Crippen molar-refractivity contribution in [3.63, 3.8) is 0 Å². The summed E-state index contributed by atoms with van der Waals surface area (Å²) in [7, 11) is 0. The predicted molar refractivity (Wildman–Crippen MR) is 119 cm³/mol. The van der Waals surface area contributed by atoms with Crippen molar-refractivity contribution < 1.29 is 4.79 Å². The molecule has 1 saturated heterocycles. The standard InChI is InChI=1S/C21H30ClN7O/c1-3-19-26-25-16-29(19)9-8-24-21(23-4-2)28-12-10-27(11-13-28)20(30)15-17-6-5-7-18(22)14-17/h5-7,14,16H,3-4,8-13,15H2,1-2H3,(H,23,24). The molecule has 1 fully saturated rings. The van der Waals surface area contributed by atoms with E-state index in [1.54, 1.807) is 6.33 Å². The van der Waals surface area contributed by atoms with Gasteiger partial charge in [-0.05, 0) is 24.6 Å². The third-order valence-corrected chi connectivity index (χ3v) is 5.36. The van der Waals surface area contributed by atoms with Crippen LogP contribution in [0.2, 0.25) is 5.02 Å². The summed E-state index contributed by atoms with van der Waals surface area (Å²) in [4.78, 5) is 21.6. The maximum Gasteiger partial charge on any atom is 0.227 e. The summed E-state index contributed by atoms with van der Waals surface area (Å²) >= 11 is 6.03. The van der Waals surface area contributed by atoms with E-state index in [9.17, 15) is 4.79 Å². The molecular weight excluding hydrogens is 402 g/mol. The molecule has 0 bridgehead atoms. The molecule has 1 aliphatic rings. The maximum atomic E-state index is 12.6. The number of aryl methyl sites for hydroxylation is 1. The van der Waals surface area contributed by atoms with Crippen LogP contribution in [0.1, 0.15) is 25.2 Å². The molecule has 0 saturated carbocycles. The molecule has 162 valence electrons. The number of rotatable bonds is 7. The molecule has 0 atom stereocenters. The van der Waals surface area contributed by atoms with Crippen LogP contribution >= 0.6 is 11.6 Å². The zero-order valence-electron chi connectivity index (χ0n) is 17.7. The Kier molecular flexibility index (Phi) is 8.07.